The normalized spacial score (nSPS) is 22.9. The molecular formula is C14H19NO3. The van der Waals surface area contributed by atoms with Crippen molar-refractivity contribution in [3.05, 3.63) is 29.8 Å². The lowest BCUT2D eigenvalue weighted by atomic mass is 9.97. The van der Waals surface area contributed by atoms with E-state index >= 15 is 0 Å². The molecule has 0 amide bonds. The van der Waals surface area contributed by atoms with Gasteiger partial charge in [0.1, 0.15) is 0 Å². The van der Waals surface area contributed by atoms with Crippen molar-refractivity contribution in [3.8, 4) is 0 Å². The van der Waals surface area contributed by atoms with E-state index in [0.717, 1.165) is 25.8 Å². The van der Waals surface area contributed by atoms with Gasteiger partial charge in [-0.15, -0.1) is 0 Å². The van der Waals surface area contributed by atoms with Crippen LogP contribution in [-0.2, 0) is 0 Å². The maximum absolute atomic E-state index is 11.1. The molecule has 1 saturated carbocycles. The maximum Gasteiger partial charge on any atom is 0.337 e. The first kappa shape index (κ1) is 12.9. The van der Waals surface area contributed by atoms with Crippen LogP contribution >= 0.6 is 0 Å². The number of aliphatic hydroxyl groups excluding tert-OH is 1. The first-order valence-electron chi connectivity index (χ1n) is 6.39. The van der Waals surface area contributed by atoms with Gasteiger partial charge >= 0.3 is 5.97 Å². The van der Waals surface area contributed by atoms with Crippen LogP contribution in [0.15, 0.2) is 24.3 Å². The summed E-state index contributed by atoms with van der Waals surface area (Å²) < 4.78 is 0. The van der Waals surface area contributed by atoms with E-state index in [9.17, 15) is 9.90 Å². The van der Waals surface area contributed by atoms with E-state index in [1.165, 1.54) is 0 Å². The first-order valence-corrected chi connectivity index (χ1v) is 6.39. The van der Waals surface area contributed by atoms with Gasteiger partial charge in [-0.05, 0) is 36.8 Å². The van der Waals surface area contributed by atoms with E-state index in [4.69, 9.17) is 5.11 Å². The number of rotatable bonds is 5. The predicted octanol–water partition coefficient (Wildman–Crippen LogP) is 2.21. The molecule has 0 aromatic heterocycles. The molecule has 0 radical (unpaired) electrons. The van der Waals surface area contributed by atoms with Crippen LogP contribution in [0.2, 0.25) is 0 Å². The predicted molar refractivity (Wildman–Crippen MR) is 69.8 cm³/mol. The number of carboxylic acids is 1. The molecule has 2 unspecified atom stereocenters. The molecule has 4 heteroatoms. The van der Waals surface area contributed by atoms with Crippen LogP contribution in [0.3, 0.4) is 0 Å². The highest BCUT2D eigenvalue weighted by Gasteiger charge is 2.26. The molecule has 1 aliphatic carbocycles. The monoisotopic (exact) mass is 249 g/mol. The van der Waals surface area contributed by atoms with Crippen LogP contribution in [0.4, 0.5) is 5.69 Å². The Morgan fingerprint density at radius 1 is 1.28 bits per heavy atom. The van der Waals surface area contributed by atoms with Crippen LogP contribution in [0, 0.1) is 11.8 Å². The number of hydrogen-bond acceptors (Lipinski definition) is 3. The highest BCUT2D eigenvalue weighted by atomic mass is 16.4. The van der Waals surface area contributed by atoms with Gasteiger partial charge in [0.15, 0.2) is 0 Å². The number of para-hydroxylation sites is 1. The van der Waals surface area contributed by atoms with Crippen molar-refractivity contribution in [3.63, 3.8) is 0 Å². The summed E-state index contributed by atoms with van der Waals surface area (Å²) in [5.74, 6) is -0.116. The SMILES string of the molecule is O=C(O)c1ccccc1NCC1CCCC1CO. The third-order valence-electron chi connectivity index (χ3n) is 3.76. The van der Waals surface area contributed by atoms with Gasteiger partial charge in [0.05, 0.1) is 5.56 Å². The summed E-state index contributed by atoms with van der Waals surface area (Å²) in [5, 5.41) is 21.5. The number of carboxylic acid groups (broad SMARTS) is 1. The van der Waals surface area contributed by atoms with Gasteiger partial charge in [-0.25, -0.2) is 4.79 Å². The van der Waals surface area contributed by atoms with Gasteiger partial charge in [0, 0.05) is 18.8 Å². The van der Waals surface area contributed by atoms with Gasteiger partial charge in [-0.1, -0.05) is 18.6 Å². The molecule has 1 aromatic rings. The highest BCUT2D eigenvalue weighted by molar-refractivity contribution is 5.94. The standard InChI is InChI=1S/C14H19NO3/c16-9-11-5-3-4-10(11)8-15-13-7-2-1-6-12(13)14(17)18/h1-2,6-7,10-11,15-16H,3-5,8-9H2,(H,17,18). The average Bonchev–Trinajstić information content (AvgIpc) is 2.84. The van der Waals surface area contributed by atoms with E-state index in [1.807, 2.05) is 6.07 Å². The average molecular weight is 249 g/mol. The zero-order valence-corrected chi connectivity index (χ0v) is 10.3. The Labute approximate surface area is 107 Å². The zero-order valence-electron chi connectivity index (χ0n) is 10.3. The number of aromatic carboxylic acids is 1. The minimum absolute atomic E-state index is 0.229. The topological polar surface area (TPSA) is 69.6 Å². The molecule has 0 aliphatic heterocycles. The summed E-state index contributed by atoms with van der Waals surface area (Å²) in [4.78, 5) is 11.1. The molecule has 0 saturated heterocycles. The Hall–Kier alpha value is -1.55. The van der Waals surface area contributed by atoms with E-state index in [-0.39, 0.29) is 6.61 Å². The van der Waals surface area contributed by atoms with E-state index in [2.05, 4.69) is 5.32 Å². The van der Waals surface area contributed by atoms with Crippen molar-refractivity contribution >= 4 is 11.7 Å². The molecule has 2 rings (SSSR count). The fraction of sp³-hybridized carbons (Fsp3) is 0.500. The molecule has 1 fully saturated rings. The molecule has 2 atom stereocenters. The van der Waals surface area contributed by atoms with Crippen LogP contribution in [-0.4, -0.2) is 29.3 Å². The van der Waals surface area contributed by atoms with E-state index in [0.29, 0.717) is 23.1 Å². The van der Waals surface area contributed by atoms with Crippen LogP contribution in [0.25, 0.3) is 0 Å². The number of hydrogen-bond donors (Lipinski definition) is 3. The van der Waals surface area contributed by atoms with Crippen LogP contribution in [0.5, 0.6) is 0 Å². The molecule has 0 bridgehead atoms. The molecule has 4 nitrogen and oxygen atoms in total. The fourth-order valence-corrected chi connectivity index (χ4v) is 2.69. The minimum atomic E-state index is -0.914. The molecule has 1 aliphatic rings. The van der Waals surface area contributed by atoms with Crippen molar-refractivity contribution in [2.24, 2.45) is 11.8 Å². The zero-order chi connectivity index (χ0) is 13.0. The Morgan fingerprint density at radius 2 is 2.00 bits per heavy atom. The van der Waals surface area contributed by atoms with Crippen molar-refractivity contribution in [1.29, 1.82) is 0 Å². The Bertz CT molecular complexity index is 419. The van der Waals surface area contributed by atoms with E-state index in [1.54, 1.807) is 18.2 Å². The van der Waals surface area contributed by atoms with Crippen molar-refractivity contribution in [2.75, 3.05) is 18.5 Å². The minimum Gasteiger partial charge on any atom is -0.478 e. The summed E-state index contributed by atoms with van der Waals surface area (Å²) in [5.41, 5.74) is 0.963. The molecule has 0 spiro atoms. The number of aliphatic hydroxyl groups is 1. The number of nitrogens with one attached hydrogen (secondary N) is 1. The lowest BCUT2D eigenvalue weighted by molar-refractivity contribution is 0.0698. The molecule has 0 heterocycles. The number of benzene rings is 1. The number of anilines is 1. The fourth-order valence-electron chi connectivity index (χ4n) is 2.69. The summed E-state index contributed by atoms with van der Waals surface area (Å²) in [6, 6.07) is 6.93. The lowest BCUT2D eigenvalue weighted by Crippen LogP contribution is -2.21. The Morgan fingerprint density at radius 3 is 2.72 bits per heavy atom. The Balaban J connectivity index is 2.00. The van der Waals surface area contributed by atoms with Gasteiger partial charge in [0.2, 0.25) is 0 Å². The lowest BCUT2D eigenvalue weighted by Gasteiger charge is -2.19. The quantitative estimate of drug-likeness (QED) is 0.748. The molecule has 98 valence electrons. The maximum atomic E-state index is 11.1. The van der Waals surface area contributed by atoms with Gasteiger partial charge in [-0.2, -0.15) is 0 Å². The second-order valence-electron chi connectivity index (χ2n) is 4.87. The molecule has 1 aromatic carbocycles. The van der Waals surface area contributed by atoms with Crippen molar-refractivity contribution in [1.82, 2.24) is 0 Å². The van der Waals surface area contributed by atoms with Crippen LogP contribution in [0.1, 0.15) is 29.6 Å². The smallest absolute Gasteiger partial charge is 0.337 e. The molecule has 3 N–H and O–H groups in total. The van der Waals surface area contributed by atoms with Crippen molar-refractivity contribution < 1.29 is 15.0 Å². The second-order valence-corrected chi connectivity index (χ2v) is 4.87. The summed E-state index contributed by atoms with van der Waals surface area (Å²) in [6.45, 7) is 0.961. The molecule has 18 heavy (non-hydrogen) atoms. The molecular weight excluding hydrogens is 230 g/mol. The van der Waals surface area contributed by atoms with Gasteiger partial charge < -0.3 is 15.5 Å². The largest absolute Gasteiger partial charge is 0.478 e. The summed E-state index contributed by atoms with van der Waals surface area (Å²) in [6.07, 6.45) is 3.33. The van der Waals surface area contributed by atoms with Crippen molar-refractivity contribution in [2.45, 2.75) is 19.3 Å². The third kappa shape index (κ3) is 2.82. The second kappa shape index (κ2) is 5.87. The third-order valence-corrected chi connectivity index (χ3v) is 3.76. The number of carbonyl (C=O) groups is 1. The van der Waals surface area contributed by atoms with Crippen LogP contribution < -0.4 is 5.32 Å². The summed E-state index contributed by atoms with van der Waals surface area (Å²) >= 11 is 0. The summed E-state index contributed by atoms with van der Waals surface area (Å²) in [7, 11) is 0. The Kier molecular flexibility index (Phi) is 4.20. The van der Waals surface area contributed by atoms with Gasteiger partial charge in [0.25, 0.3) is 0 Å². The van der Waals surface area contributed by atoms with E-state index < -0.39 is 5.97 Å². The van der Waals surface area contributed by atoms with Gasteiger partial charge in [-0.3, -0.25) is 0 Å². The first-order chi connectivity index (χ1) is 8.72. The highest BCUT2D eigenvalue weighted by Crippen LogP contribution is 2.31.